The third kappa shape index (κ3) is 4.46. The van der Waals surface area contributed by atoms with Crippen molar-refractivity contribution in [1.82, 2.24) is 14.9 Å². The lowest BCUT2D eigenvalue weighted by atomic mass is 10.00. The van der Waals surface area contributed by atoms with E-state index in [1.165, 1.54) is 25.4 Å². The quantitative estimate of drug-likeness (QED) is 0.881. The first kappa shape index (κ1) is 18.1. The van der Waals surface area contributed by atoms with Gasteiger partial charge in [-0.3, -0.25) is 0 Å². The van der Waals surface area contributed by atoms with Crippen molar-refractivity contribution in [2.45, 2.75) is 37.6 Å². The zero-order valence-electron chi connectivity index (χ0n) is 15.1. The lowest BCUT2D eigenvalue weighted by Crippen LogP contribution is -2.41. The predicted octanol–water partition coefficient (Wildman–Crippen LogP) is 2.57. The van der Waals surface area contributed by atoms with Crippen LogP contribution in [0.25, 0.3) is 10.9 Å². The number of anilines is 1. The first-order chi connectivity index (χ1) is 11.8. The Bertz CT molecular complexity index is 853. The molecule has 3 rings (SSSR count). The van der Waals surface area contributed by atoms with Crippen LogP contribution in [0.4, 0.5) is 5.82 Å². The van der Waals surface area contributed by atoms with Gasteiger partial charge in [0.2, 0.25) is 0 Å². The molecule has 0 aliphatic carbocycles. The van der Waals surface area contributed by atoms with Gasteiger partial charge < -0.3 is 10.2 Å². The van der Waals surface area contributed by atoms with Crippen LogP contribution >= 0.6 is 0 Å². The smallest absolute Gasteiger partial charge is 0.175 e. The molecule has 2 atom stereocenters. The van der Waals surface area contributed by atoms with Gasteiger partial charge in [-0.15, -0.1) is 0 Å². The number of benzene rings is 1. The van der Waals surface area contributed by atoms with Gasteiger partial charge in [0.15, 0.2) is 9.84 Å². The fourth-order valence-electron chi connectivity index (χ4n) is 3.50. The summed E-state index contributed by atoms with van der Waals surface area (Å²) < 4.78 is 23.7. The number of hydrogen-bond acceptors (Lipinski definition) is 6. The molecule has 1 N–H and O–H groups in total. The highest BCUT2D eigenvalue weighted by Crippen LogP contribution is 2.24. The number of nitrogens with one attached hydrogen (secondary N) is 1. The van der Waals surface area contributed by atoms with E-state index < -0.39 is 9.84 Å². The summed E-state index contributed by atoms with van der Waals surface area (Å²) >= 11 is 0. The van der Waals surface area contributed by atoms with E-state index in [-0.39, 0.29) is 10.9 Å². The summed E-state index contributed by atoms with van der Waals surface area (Å²) in [5.41, 5.74) is 0.740. The Hall–Kier alpha value is -1.73. The predicted molar refractivity (Wildman–Crippen MR) is 101 cm³/mol. The zero-order chi connectivity index (χ0) is 18.0. The molecule has 1 saturated heterocycles. The fourth-order valence-corrected chi connectivity index (χ4v) is 4.15. The van der Waals surface area contributed by atoms with Crippen molar-refractivity contribution in [3.05, 3.63) is 24.5 Å². The van der Waals surface area contributed by atoms with E-state index in [0.29, 0.717) is 5.82 Å². The van der Waals surface area contributed by atoms with Gasteiger partial charge >= 0.3 is 0 Å². The summed E-state index contributed by atoms with van der Waals surface area (Å²) in [6.45, 7) is 7.65. The van der Waals surface area contributed by atoms with Gasteiger partial charge in [-0.1, -0.05) is 6.92 Å². The molecular weight excluding hydrogens is 336 g/mol. The highest BCUT2D eigenvalue weighted by molar-refractivity contribution is 7.90. The standard InChI is InChI=1S/C18H26N4O2S/c1-13-5-4-8-22(10-13)11-14(2)21-18-16-9-15(25(3,23)24)6-7-17(16)19-12-20-18/h6-7,9,12-14H,4-5,8,10-11H2,1-3H3,(H,19,20,21). The largest absolute Gasteiger partial charge is 0.366 e. The van der Waals surface area contributed by atoms with Gasteiger partial charge in [-0.05, 0) is 50.4 Å². The molecule has 1 aliphatic rings. The van der Waals surface area contributed by atoms with Crippen molar-refractivity contribution in [3.8, 4) is 0 Å². The molecule has 1 aromatic carbocycles. The van der Waals surface area contributed by atoms with Crippen molar-refractivity contribution >= 4 is 26.6 Å². The number of fused-ring (bicyclic) bond motifs is 1. The second-order valence-corrected chi connectivity index (χ2v) is 9.24. The van der Waals surface area contributed by atoms with Crippen molar-refractivity contribution in [3.63, 3.8) is 0 Å². The maximum atomic E-state index is 11.8. The Morgan fingerprint density at radius 3 is 2.88 bits per heavy atom. The first-order valence-electron chi connectivity index (χ1n) is 8.76. The normalized spacial score (nSPS) is 20.5. The SMILES string of the molecule is CC1CCCN(CC(C)Nc2ncnc3ccc(S(C)(=O)=O)cc23)C1. The summed E-state index contributed by atoms with van der Waals surface area (Å²) in [7, 11) is -3.26. The summed E-state index contributed by atoms with van der Waals surface area (Å²) in [5, 5.41) is 4.18. The molecule has 7 heteroatoms. The number of piperidine rings is 1. The van der Waals surface area contributed by atoms with Gasteiger partial charge in [0.05, 0.1) is 10.4 Å². The van der Waals surface area contributed by atoms with Crippen LogP contribution in [0.2, 0.25) is 0 Å². The Morgan fingerprint density at radius 2 is 2.16 bits per heavy atom. The van der Waals surface area contributed by atoms with E-state index in [4.69, 9.17) is 0 Å². The van der Waals surface area contributed by atoms with Crippen LogP contribution in [0.1, 0.15) is 26.7 Å². The minimum atomic E-state index is -3.26. The molecule has 0 radical (unpaired) electrons. The zero-order valence-corrected chi connectivity index (χ0v) is 15.9. The molecule has 25 heavy (non-hydrogen) atoms. The summed E-state index contributed by atoms with van der Waals surface area (Å²) in [5.74, 6) is 1.44. The average molecular weight is 362 g/mol. The molecular formula is C18H26N4O2S. The van der Waals surface area contributed by atoms with E-state index in [0.717, 1.165) is 36.5 Å². The van der Waals surface area contributed by atoms with Gasteiger partial charge in [0.1, 0.15) is 12.1 Å². The number of nitrogens with zero attached hydrogens (tertiary/aromatic N) is 3. The van der Waals surface area contributed by atoms with E-state index >= 15 is 0 Å². The van der Waals surface area contributed by atoms with E-state index in [1.807, 2.05) is 0 Å². The summed E-state index contributed by atoms with van der Waals surface area (Å²) in [4.78, 5) is 11.4. The number of rotatable bonds is 5. The van der Waals surface area contributed by atoms with E-state index in [2.05, 4.69) is 34.0 Å². The van der Waals surface area contributed by atoms with Gasteiger partial charge in [-0.2, -0.15) is 0 Å². The van der Waals surface area contributed by atoms with Crippen molar-refractivity contribution in [1.29, 1.82) is 0 Å². The Labute approximate surface area is 149 Å². The van der Waals surface area contributed by atoms with Crippen LogP contribution in [0.15, 0.2) is 29.4 Å². The van der Waals surface area contributed by atoms with Crippen LogP contribution in [0, 0.1) is 5.92 Å². The minimum Gasteiger partial charge on any atom is -0.366 e. The molecule has 2 unspecified atom stereocenters. The van der Waals surface area contributed by atoms with Crippen LogP contribution in [0.3, 0.4) is 0 Å². The minimum absolute atomic E-state index is 0.213. The Morgan fingerprint density at radius 1 is 1.36 bits per heavy atom. The molecule has 0 spiro atoms. The lowest BCUT2D eigenvalue weighted by molar-refractivity contribution is 0.180. The van der Waals surface area contributed by atoms with Crippen LogP contribution in [-0.4, -0.2) is 55.2 Å². The molecule has 1 aromatic heterocycles. The molecule has 0 amide bonds. The first-order valence-corrected chi connectivity index (χ1v) is 10.7. The van der Waals surface area contributed by atoms with Crippen molar-refractivity contribution in [2.75, 3.05) is 31.2 Å². The highest BCUT2D eigenvalue weighted by atomic mass is 32.2. The van der Waals surface area contributed by atoms with Crippen molar-refractivity contribution < 1.29 is 8.42 Å². The number of likely N-dealkylation sites (tertiary alicyclic amines) is 1. The Kier molecular flexibility index (Phi) is 5.24. The van der Waals surface area contributed by atoms with Crippen LogP contribution < -0.4 is 5.32 Å². The second kappa shape index (κ2) is 7.25. The molecule has 1 aliphatic heterocycles. The van der Waals surface area contributed by atoms with E-state index in [1.54, 1.807) is 18.2 Å². The number of sulfone groups is 1. The van der Waals surface area contributed by atoms with Gasteiger partial charge in [0.25, 0.3) is 0 Å². The molecule has 6 nitrogen and oxygen atoms in total. The molecule has 2 aromatic rings. The Balaban J connectivity index is 1.80. The average Bonchev–Trinajstić information content (AvgIpc) is 2.54. The topological polar surface area (TPSA) is 75.2 Å². The van der Waals surface area contributed by atoms with E-state index in [9.17, 15) is 8.42 Å². The summed E-state index contributed by atoms with van der Waals surface area (Å²) in [6, 6.07) is 5.19. The summed E-state index contributed by atoms with van der Waals surface area (Å²) in [6.07, 6.45) is 5.29. The molecule has 136 valence electrons. The lowest BCUT2D eigenvalue weighted by Gasteiger charge is -2.33. The number of aromatic nitrogens is 2. The van der Waals surface area contributed by atoms with Crippen LogP contribution in [-0.2, 0) is 9.84 Å². The second-order valence-electron chi connectivity index (χ2n) is 7.23. The van der Waals surface area contributed by atoms with Crippen molar-refractivity contribution in [2.24, 2.45) is 5.92 Å². The maximum Gasteiger partial charge on any atom is 0.175 e. The third-order valence-corrected chi connectivity index (χ3v) is 5.80. The monoisotopic (exact) mass is 362 g/mol. The molecule has 2 heterocycles. The fraction of sp³-hybridized carbons (Fsp3) is 0.556. The van der Waals surface area contributed by atoms with Gasteiger partial charge in [0, 0.05) is 30.8 Å². The highest BCUT2D eigenvalue weighted by Gasteiger charge is 2.19. The van der Waals surface area contributed by atoms with Gasteiger partial charge in [-0.25, -0.2) is 18.4 Å². The molecule has 0 saturated carbocycles. The maximum absolute atomic E-state index is 11.8. The van der Waals surface area contributed by atoms with Crippen LogP contribution in [0.5, 0.6) is 0 Å². The third-order valence-electron chi connectivity index (χ3n) is 4.69. The number of hydrogen-bond donors (Lipinski definition) is 1. The molecule has 0 bridgehead atoms. The molecule has 1 fully saturated rings.